The third-order valence-corrected chi connectivity index (χ3v) is 5.84. The Morgan fingerprint density at radius 2 is 1.89 bits per heavy atom. The van der Waals surface area contributed by atoms with Gasteiger partial charge >= 0.3 is 0 Å². The number of aromatic nitrogens is 3. The molecule has 144 valence electrons. The number of amides is 1. The van der Waals surface area contributed by atoms with Crippen LogP contribution in [0.3, 0.4) is 0 Å². The van der Waals surface area contributed by atoms with E-state index in [2.05, 4.69) is 20.9 Å². The summed E-state index contributed by atoms with van der Waals surface area (Å²) in [5, 5.41) is 11.5. The lowest BCUT2D eigenvalue weighted by Gasteiger charge is -2.33. The number of nitrogens with zero attached hydrogens (tertiary/aromatic N) is 3. The van der Waals surface area contributed by atoms with Crippen LogP contribution in [0.15, 0.2) is 53.7 Å². The third kappa shape index (κ3) is 3.60. The van der Waals surface area contributed by atoms with Gasteiger partial charge in [-0.25, -0.2) is 9.07 Å². The van der Waals surface area contributed by atoms with Gasteiger partial charge in [0.05, 0.1) is 6.04 Å². The molecule has 0 saturated carbocycles. The molecule has 2 aromatic carbocycles. The molecular weight excluding hydrogens is 377 g/mol. The SMILES string of the molecule is CCc1nnc2n1N[C@H](c1ccc(F)cc1)[C@H](C(=O)Nc1ccc(C)cc1)S2. The summed E-state index contributed by atoms with van der Waals surface area (Å²) in [7, 11) is 0. The minimum absolute atomic E-state index is 0.150. The summed E-state index contributed by atoms with van der Waals surface area (Å²) in [5.41, 5.74) is 6.02. The number of nitrogens with one attached hydrogen (secondary N) is 2. The first kappa shape index (κ1) is 18.5. The lowest BCUT2D eigenvalue weighted by molar-refractivity contribution is -0.116. The van der Waals surface area contributed by atoms with E-state index < -0.39 is 5.25 Å². The third-order valence-electron chi connectivity index (χ3n) is 4.63. The van der Waals surface area contributed by atoms with E-state index in [-0.39, 0.29) is 17.8 Å². The number of benzene rings is 2. The zero-order valence-corrected chi connectivity index (χ0v) is 16.3. The second kappa shape index (κ2) is 7.63. The molecule has 1 aliphatic rings. The van der Waals surface area contributed by atoms with Gasteiger partial charge in [0.2, 0.25) is 11.1 Å². The highest BCUT2D eigenvalue weighted by Gasteiger charge is 2.37. The standard InChI is InChI=1S/C20H20FN5OS/c1-3-16-23-24-20-26(16)25-17(13-6-8-14(21)9-7-13)18(28-20)19(27)22-15-10-4-12(2)5-11-15/h4-11,17-18,25H,3H2,1-2H3,(H,22,27)/t17-,18-/m1/s1. The molecule has 2 atom stereocenters. The molecule has 4 rings (SSSR count). The van der Waals surface area contributed by atoms with Crippen LogP contribution in [0.2, 0.25) is 0 Å². The van der Waals surface area contributed by atoms with Crippen LogP contribution in [-0.4, -0.2) is 26.0 Å². The molecule has 0 fully saturated rings. The van der Waals surface area contributed by atoms with Crippen molar-refractivity contribution in [2.24, 2.45) is 0 Å². The quantitative estimate of drug-likeness (QED) is 0.703. The minimum Gasteiger partial charge on any atom is -0.325 e. The summed E-state index contributed by atoms with van der Waals surface area (Å²) in [6, 6.07) is 13.5. The first-order chi connectivity index (χ1) is 13.5. The zero-order valence-electron chi connectivity index (χ0n) is 15.5. The van der Waals surface area contributed by atoms with Crippen LogP contribution in [0.25, 0.3) is 0 Å². The van der Waals surface area contributed by atoms with Gasteiger partial charge < -0.3 is 10.7 Å². The Balaban J connectivity index is 1.66. The maximum absolute atomic E-state index is 13.4. The molecule has 0 bridgehead atoms. The van der Waals surface area contributed by atoms with Crippen molar-refractivity contribution >= 4 is 23.4 Å². The Hall–Kier alpha value is -2.87. The van der Waals surface area contributed by atoms with E-state index >= 15 is 0 Å². The molecule has 3 aromatic rings. The number of thioether (sulfide) groups is 1. The fourth-order valence-corrected chi connectivity index (χ4v) is 4.20. The molecule has 1 amide bonds. The summed E-state index contributed by atoms with van der Waals surface area (Å²) in [4.78, 5) is 13.1. The van der Waals surface area contributed by atoms with Crippen molar-refractivity contribution < 1.29 is 9.18 Å². The van der Waals surface area contributed by atoms with Crippen molar-refractivity contribution in [3.63, 3.8) is 0 Å². The van der Waals surface area contributed by atoms with Crippen LogP contribution in [0.5, 0.6) is 0 Å². The molecule has 0 radical (unpaired) electrons. The zero-order chi connectivity index (χ0) is 19.7. The predicted octanol–water partition coefficient (Wildman–Crippen LogP) is 3.69. The van der Waals surface area contributed by atoms with Gasteiger partial charge in [-0.05, 0) is 36.8 Å². The van der Waals surface area contributed by atoms with Crippen molar-refractivity contribution in [3.8, 4) is 0 Å². The molecule has 0 aliphatic carbocycles. The lowest BCUT2D eigenvalue weighted by Crippen LogP contribution is -2.41. The molecule has 2 heterocycles. The van der Waals surface area contributed by atoms with E-state index in [9.17, 15) is 9.18 Å². The number of hydrogen-bond acceptors (Lipinski definition) is 5. The number of fused-ring (bicyclic) bond motifs is 1. The van der Waals surface area contributed by atoms with E-state index in [0.29, 0.717) is 11.6 Å². The van der Waals surface area contributed by atoms with E-state index in [4.69, 9.17) is 0 Å². The molecule has 1 aliphatic heterocycles. The molecule has 1 aromatic heterocycles. The fraction of sp³-hybridized carbons (Fsp3) is 0.250. The molecule has 28 heavy (non-hydrogen) atoms. The molecule has 0 spiro atoms. The average molecular weight is 397 g/mol. The Morgan fingerprint density at radius 1 is 1.18 bits per heavy atom. The summed E-state index contributed by atoms with van der Waals surface area (Å²) in [6.45, 7) is 3.99. The van der Waals surface area contributed by atoms with Crippen molar-refractivity contribution in [2.45, 2.75) is 36.7 Å². The number of hydrogen-bond donors (Lipinski definition) is 2. The van der Waals surface area contributed by atoms with E-state index in [1.54, 1.807) is 12.1 Å². The number of carbonyl (C=O) groups excluding carboxylic acids is 1. The largest absolute Gasteiger partial charge is 0.325 e. The minimum atomic E-state index is -0.492. The average Bonchev–Trinajstić information content (AvgIpc) is 3.11. The molecule has 0 unspecified atom stereocenters. The number of carbonyl (C=O) groups is 1. The number of rotatable bonds is 4. The maximum Gasteiger partial charge on any atom is 0.240 e. The van der Waals surface area contributed by atoms with Gasteiger partial charge in [-0.3, -0.25) is 4.79 Å². The van der Waals surface area contributed by atoms with Gasteiger partial charge in [0.25, 0.3) is 0 Å². The molecule has 8 heteroatoms. The number of anilines is 1. The van der Waals surface area contributed by atoms with Crippen LogP contribution in [0, 0.1) is 12.7 Å². The summed E-state index contributed by atoms with van der Waals surface area (Å²) >= 11 is 1.35. The highest BCUT2D eigenvalue weighted by Crippen LogP contribution is 2.37. The Morgan fingerprint density at radius 3 is 2.57 bits per heavy atom. The van der Waals surface area contributed by atoms with Gasteiger partial charge in [-0.15, -0.1) is 10.2 Å². The van der Waals surface area contributed by atoms with E-state index in [1.807, 2.05) is 42.8 Å². The maximum atomic E-state index is 13.4. The topological polar surface area (TPSA) is 71.8 Å². The van der Waals surface area contributed by atoms with Gasteiger partial charge in [0.15, 0.2) is 5.82 Å². The van der Waals surface area contributed by atoms with Crippen LogP contribution in [0.4, 0.5) is 10.1 Å². The Bertz CT molecular complexity index is 987. The summed E-state index contributed by atoms with van der Waals surface area (Å²) in [5.74, 6) is 0.321. The molecule has 2 N–H and O–H groups in total. The van der Waals surface area contributed by atoms with Gasteiger partial charge in [0.1, 0.15) is 11.1 Å². The van der Waals surface area contributed by atoms with Crippen molar-refractivity contribution in [3.05, 3.63) is 71.3 Å². The second-order valence-electron chi connectivity index (χ2n) is 6.64. The van der Waals surface area contributed by atoms with Gasteiger partial charge in [-0.2, -0.15) is 0 Å². The smallest absolute Gasteiger partial charge is 0.240 e. The van der Waals surface area contributed by atoms with E-state index in [1.165, 1.54) is 23.9 Å². The predicted molar refractivity (Wildman–Crippen MR) is 107 cm³/mol. The van der Waals surface area contributed by atoms with Crippen LogP contribution in [-0.2, 0) is 11.2 Å². The molecular formula is C20H20FN5OS. The number of halogens is 1. The molecule has 0 saturated heterocycles. The second-order valence-corrected chi connectivity index (χ2v) is 7.75. The van der Waals surface area contributed by atoms with E-state index in [0.717, 1.165) is 22.6 Å². The highest BCUT2D eigenvalue weighted by molar-refractivity contribution is 8.00. The van der Waals surface area contributed by atoms with Crippen molar-refractivity contribution in [1.29, 1.82) is 0 Å². The van der Waals surface area contributed by atoms with Crippen LogP contribution < -0.4 is 10.7 Å². The first-order valence-electron chi connectivity index (χ1n) is 9.05. The van der Waals surface area contributed by atoms with Crippen LogP contribution >= 0.6 is 11.8 Å². The Labute approximate surface area is 166 Å². The van der Waals surface area contributed by atoms with Crippen molar-refractivity contribution in [1.82, 2.24) is 14.9 Å². The molecule has 6 nitrogen and oxygen atoms in total. The van der Waals surface area contributed by atoms with Crippen LogP contribution in [0.1, 0.15) is 29.9 Å². The van der Waals surface area contributed by atoms with Gasteiger partial charge in [-0.1, -0.05) is 48.5 Å². The fourth-order valence-electron chi connectivity index (χ4n) is 3.10. The normalized spacial score (nSPS) is 18.2. The van der Waals surface area contributed by atoms with Gasteiger partial charge in [0, 0.05) is 12.1 Å². The first-order valence-corrected chi connectivity index (χ1v) is 9.93. The Kier molecular flexibility index (Phi) is 5.04. The van der Waals surface area contributed by atoms with Crippen molar-refractivity contribution in [2.75, 3.05) is 10.7 Å². The summed E-state index contributed by atoms with van der Waals surface area (Å²) < 4.78 is 15.2. The highest BCUT2D eigenvalue weighted by atomic mass is 32.2. The monoisotopic (exact) mass is 397 g/mol. The number of aryl methyl sites for hydroxylation is 2. The lowest BCUT2D eigenvalue weighted by atomic mass is 10.0. The summed E-state index contributed by atoms with van der Waals surface area (Å²) in [6.07, 6.45) is 0.705.